The molecule has 0 unspecified atom stereocenters. The van der Waals surface area contributed by atoms with E-state index in [1.165, 1.54) is 16.2 Å². The Morgan fingerprint density at radius 2 is 2.00 bits per heavy atom. The maximum absolute atomic E-state index is 4.63. The smallest absolute Gasteiger partial charge is 0.139 e. The molecule has 0 saturated heterocycles. The summed E-state index contributed by atoms with van der Waals surface area (Å²) in [4.78, 5) is 10.5. The van der Waals surface area contributed by atoms with Gasteiger partial charge in [0.15, 0.2) is 0 Å². The lowest BCUT2D eigenvalue weighted by Crippen LogP contribution is -2.02. The van der Waals surface area contributed by atoms with Crippen LogP contribution < -0.4 is 5.32 Å². The number of hydrogen-bond acceptors (Lipinski definition) is 4. The zero-order chi connectivity index (χ0) is 12.4. The summed E-state index contributed by atoms with van der Waals surface area (Å²) in [5.41, 5.74) is 3.57. The second kappa shape index (κ2) is 5.08. The summed E-state index contributed by atoms with van der Waals surface area (Å²) in [5, 5.41) is 3.32. The van der Waals surface area contributed by atoms with Gasteiger partial charge in [-0.3, -0.25) is 0 Å². The third-order valence-electron chi connectivity index (χ3n) is 3.05. The normalized spacial score (nSPS) is 13.6. The molecule has 1 aromatic carbocycles. The molecule has 1 N–H and O–H groups in total. The number of aromatic nitrogens is 2. The van der Waals surface area contributed by atoms with E-state index in [9.17, 15) is 0 Å². The largest absolute Gasteiger partial charge is 0.307 e. The van der Waals surface area contributed by atoms with Crippen molar-refractivity contribution in [1.29, 1.82) is 0 Å². The summed E-state index contributed by atoms with van der Waals surface area (Å²) >= 11 is 1.78. The Hall–Kier alpha value is -1.39. The molecule has 18 heavy (non-hydrogen) atoms. The lowest BCUT2D eigenvalue weighted by Gasteiger charge is -2.06. The molecule has 4 heteroatoms. The highest BCUT2D eigenvalue weighted by atomic mass is 32.2. The van der Waals surface area contributed by atoms with Gasteiger partial charge >= 0.3 is 0 Å². The van der Waals surface area contributed by atoms with Crippen LogP contribution in [0.25, 0.3) is 0 Å². The van der Waals surface area contributed by atoms with Crippen LogP contribution >= 0.6 is 11.8 Å². The first-order valence-corrected chi connectivity index (χ1v) is 7.05. The molecule has 92 valence electrons. The minimum Gasteiger partial charge on any atom is -0.307 e. The van der Waals surface area contributed by atoms with Crippen LogP contribution in [0.1, 0.15) is 22.8 Å². The molecule has 1 aliphatic heterocycles. The predicted octanol–water partition coefficient (Wildman–Crippen LogP) is 2.68. The SMILES string of the molecule is Cc1nc(CSc2ccccc2)nc2c1CNC2. The molecular weight excluding hydrogens is 242 g/mol. The lowest BCUT2D eigenvalue weighted by atomic mass is 10.2. The maximum Gasteiger partial charge on any atom is 0.139 e. The van der Waals surface area contributed by atoms with Crippen LogP contribution in [0.15, 0.2) is 35.2 Å². The molecule has 0 radical (unpaired) electrons. The highest BCUT2D eigenvalue weighted by molar-refractivity contribution is 7.98. The van der Waals surface area contributed by atoms with Crippen molar-refractivity contribution in [2.24, 2.45) is 0 Å². The minimum atomic E-state index is 0.831. The van der Waals surface area contributed by atoms with E-state index in [2.05, 4.69) is 46.5 Å². The first kappa shape index (κ1) is 11.7. The third kappa shape index (κ3) is 2.40. The molecule has 1 aromatic heterocycles. The zero-order valence-electron chi connectivity index (χ0n) is 10.3. The fraction of sp³-hybridized carbons (Fsp3) is 0.286. The standard InChI is InChI=1S/C14H15N3S/c1-10-12-7-15-8-13(12)17-14(16-10)9-18-11-5-3-2-4-6-11/h2-6,15H,7-9H2,1H3. The van der Waals surface area contributed by atoms with E-state index in [1.54, 1.807) is 11.8 Å². The molecule has 0 spiro atoms. The van der Waals surface area contributed by atoms with Gasteiger partial charge in [-0.25, -0.2) is 9.97 Å². The van der Waals surface area contributed by atoms with Gasteiger partial charge in [0.2, 0.25) is 0 Å². The van der Waals surface area contributed by atoms with Crippen LogP contribution in [0.2, 0.25) is 0 Å². The average molecular weight is 257 g/mol. The van der Waals surface area contributed by atoms with Crippen LogP contribution in [-0.2, 0) is 18.8 Å². The molecule has 2 heterocycles. The molecule has 0 atom stereocenters. The van der Waals surface area contributed by atoms with E-state index < -0.39 is 0 Å². The van der Waals surface area contributed by atoms with Crippen molar-refractivity contribution in [1.82, 2.24) is 15.3 Å². The fourth-order valence-corrected chi connectivity index (χ4v) is 2.90. The molecule has 0 fully saturated rings. The Bertz CT molecular complexity index is 554. The van der Waals surface area contributed by atoms with Gasteiger partial charge in [-0.1, -0.05) is 18.2 Å². The number of nitrogens with one attached hydrogen (secondary N) is 1. The van der Waals surface area contributed by atoms with Crippen LogP contribution in [0.4, 0.5) is 0 Å². The van der Waals surface area contributed by atoms with E-state index in [0.717, 1.165) is 30.4 Å². The average Bonchev–Trinajstić information content (AvgIpc) is 2.86. The Kier molecular flexibility index (Phi) is 3.30. The van der Waals surface area contributed by atoms with Crippen LogP contribution in [0, 0.1) is 6.92 Å². The predicted molar refractivity (Wildman–Crippen MR) is 73.3 cm³/mol. The highest BCUT2D eigenvalue weighted by Gasteiger charge is 2.16. The third-order valence-corrected chi connectivity index (χ3v) is 4.06. The lowest BCUT2D eigenvalue weighted by molar-refractivity contribution is 0.756. The summed E-state index contributed by atoms with van der Waals surface area (Å²) in [7, 11) is 0. The number of thioether (sulfide) groups is 1. The molecule has 1 aliphatic rings. The molecule has 3 rings (SSSR count). The van der Waals surface area contributed by atoms with E-state index in [0.29, 0.717) is 0 Å². The van der Waals surface area contributed by atoms with E-state index in [1.807, 2.05) is 6.07 Å². The molecule has 3 nitrogen and oxygen atoms in total. The number of nitrogens with zero attached hydrogens (tertiary/aromatic N) is 2. The van der Waals surface area contributed by atoms with E-state index in [-0.39, 0.29) is 0 Å². The van der Waals surface area contributed by atoms with Gasteiger partial charge in [-0.05, 0) is 19.1 Å². The second-order valence-corrected chi connectivity index (χ2v) is 5.40. The number of benzene rings is 1. The van der Waals surface area contributed by atoms with Crippen molar-refractivity contribution < 1.29 is 0 Å². The molecule has 2 aromatic rings. The molecular formula is C14H15N3S. The van der Waals surface area contributed by atoms with Crippen molar-refractivity contribution in [3.8, 4) is 0 Å². The monoisotopic (exact) mass is 257 g/mol. The highest BCUT2D eigenvalue weighted by Crippen LogP contribution is 2.23. The Morgan fingerprint density at radius 1 is 1.17 bits per heavy atom. The number of hydrogen-bond donors (Lipinski definition) is 1. The van der Waals surface area contributed by atoms with Crippen molar-refractivity contribution in [2.45, 2.75) is 30.7 Å². The van der Waals surface area contributed by atoms with Crippen LogP contribution in [0.3, 0.4) is 0 Å². The van der Waals surface area contributed by atoms with Crippen molar-refractivity contribution in [3.05, 3.63) is 53.1 Å². The number of rotatable bonds is 3. The van der Waals surface area contributed by atoms with Crippen LogP contribution in [0.5, 0.6) is 0 Å². The van der Waals surface area contributed by atoms with Crippen molar-refractivity contribution in [2.75, 3.05) is 0 Å². The molecule has 0 bridgehead atoms. The van der Waals surface area contributed by atoms with Crippen molar-refractivity contribution >= 4 is 11.8 Å². The Balaban J connectivity index is 1.76. The molecule has 0 amide bonds. The first-order chi connectivity index (χ1) is 8.83. The van der Waals surface area contributed by atoms with E-state index in [4.69, 9.17) is 0 Å². The first-order valence-electron chi connectivity index (χ1n) is 6.07. The van der Waals surface area contributed by atoms with Crippen LogP contribution in [-0.4, -0.2) is 9.97 Å². The molecule has 0 aliphatic carbocycles. The zero-order valence-corrected chi connectivity index (χ0v) is 11.1. The summed E-state index contributed by atoms with van der Waals surface area (Å²) in [5.74, 6) is 1.77. The summed E-state index contributed by atoms with van der Waals surface area (Å²) in [6, 6.07) is 10.4. The van der Waals surface area contributed by atoms with Gasteiger partial charge in [0.1, 0.15) is 5.82 Å². The van der Waals surface area contributed by atoms with Gasteiger partial charge in [-0.15, -0.1) is 11.8 Å². The van der Waals surface area contributed by atoms with Gasteiger partial charge in [0, 0.05) is 29.2 Å². The Labute approximate surface area is 111 Å². The summed E-state index contributed by atoms with van der Waals surface area (Å²) in [6.45, 7) is 3.86. The van der Waals surface area contributed by atoms with Gasteiger partial charge in [-0.2, -0.15) is 0 Å². The summed E-state index contributed by atoms with van der Waals surface area (Å²) in [6.07, 6.45) is 0. The molecule has 0 saturated carbocycles. The number of aryl methyl sites for hydroxylation is 1. The fourth-order valence-electron chi connectivity index (χ4n) is 2.13. The van der Waals surface area contributed by atoms with Gasteiger partial charge < -0.3 is 5.32 Å². The summed E-state index contributed by atoms with van der Waals surface area (Å²) < 4.78 is 0. The maximum atomic E-state index is 4.63. The topological polar surface area (TPSA) is 37.8 Å². The Morgan fingerprint density at radius 3 is 2.83 bits per heavy atom. The van der Waals surface area contributed by atoms with E-state index >= 15 is 0 Å². The van der Waals surface area contributed by atoms with Gasteiger partial charge in [0.25, 0.3) is 0 Å². The number of fused-ring (bicyclic) bond motifs is 1. The quantitative estimate of drug-likeness (QED) is 0.858. The minimum absolute atomic E-state index is 0.831. The van der Waals surface area contributed by atoms with Crippen molar-refractivity contribution in [3.63, 3.8) is 0 Å². The van der Waals surface area contributed by atoms with Gasteiger partial charge in [0.05, 0.1) is 11.4 Å². The second-order valence-electron chi connectivity index (χ2n) is 4.36.